The van der Waals surface area contributed by atoms with E-state index in [1.54, 1.807) is 12.1 Å². The number of phenolic OH excluding ortho intramolecular Hbond substituents is 1. The highest BCUT2D eigenvalue weighted by Gasteiger charge is 2.15. The summed E-state index contributed by atoms with van der Waals surface area (Å²) in [5.74, 6) is 0.0831. The van der Waals surface area contributed by atoms with Gasteiger partial charge in [-0.2, -0.15) is 0 Å². The predicted octanol–water partition coefficient (Wildman–Crippen LogP) is 3.69. The number of benzene rings is 1. The summed E-state index contributed by atoms with van der Waals surface area (Å²) in [6.45, 7) is 3.73. The van der Waals surface area contributed by atoms with Crippen molar-refractivity contribution in [3.8, 4) is 5.75 Å². The molecule has 1 aromatic rings. The van der Waals surface area contributed by atoms with Crippen LogP contribution in [0.3, 0.4) is 0 Å². The highest BCUT2D eigenvalue weighted by Crippen LogP contribution is 2.36. The van der Waals surface area contributed by atoms with E-state index in [4.69, 9.17) is 0 Å². The molecule has 17 heavy (non-hydrogen) atoms. The molecule has 0 spiro atoms. The van der Waals surface area contributed by atoms with Gasteiger partial charge < -0.3 is 10.4 Å². The van der Waals surface area contributed by atoms with E-state index in [1.165, 1.54) is 4.31 Å². The fraction of sp³-hybridized carbons (Fsp3) is 0.300. The van der Waals surface area contributed by atoms with E-state index in [0.29, 0.717) is 14.6 Å². The van der Waals surface area contributed by atoms with E-state index in [9.17, 15) is 9.90 Å². The van der Waals surface area contributed by atoms with Crippen LogP contribution in [0.25, 0.3) is 0 Å². The number of halogens is 2. The van der Waals surface area contributed by atoms with E-state index in [-0.39, 0.29) is 17.8 Å². The second-order valence-electron chi connectivity index (χ2n) is 3.67. The van der Waals surface area contributed by atoms with Crippen LogP contribution in [0.15, 0.2) is 21.1 Å². The Bertz CT molecular complexity index is 417. The van der Waals surface area contributed by atoms with Crippen molar-refractivity contribution in [1.29, 1.82) is 0 Å². The van der Waals surface area contributed by atoms with Crippen LogP contribution in [0.4, 0.5) is 10.5 Å². The van der Waals surface area contributed by atoms with Crippen molar-refractivity contribution < 1.29 is 9.90 Å². The molecule has 94 valence electrons. The zero-order chi connectivity index (χ0) is 13.2. The predicted molar refractivity (Wildman–Crippen MR) is 78.6 cm³/mol. The van der Waals surface area contributed by atoms with Crippen LogP contribution < -0.4 is 9.62 Å². The molecule has 0 heterocycles. The van der Waals surface area contributed by atoms with Gasteiger partial charge in [-0.15, -0.1) is 0 Å². The number of nitrogens with one attached hydrogen (secondary N) is 1. The first-order chi connectivity index (χ1) is 7.82. The van der Waals surface area contributed by atoms with Crippen molar-refractivity contribution in [3.05, 3.63) is 21.1 Å². The zero-order valence-corrected chi connectivity index (χ0v) is 13.3. The second kappa shape index (κ2) is 5.97. The molecule has 2 amide bonds. The van der Waals surface area contributed by atoms with Crippen LogP contribution in [-0.2, 0) is 0 Å². The van der Waals surface area contributed by atoms with Crippen molar-refractivity contribution >= 4 is 56.4 Å². The molecule has 0 atom stereocenters. The maximum absolute atomic E-state index is 11.7. The molecule has 2 N–H and O–H groups in total. The minimum Gasteiger partial charge on any atom is -0.506 e. The van der Waals surface area contributed by atoms with Crippen LogP contribution in [0.1, 0.15) is 13.8 Å². The maximum Gasteiger partial charge on any atom is 0.332 e. The normalized spacial score (nSPS) is 10.5. The molecule has 0 aliphatic heterocycles. The van der Waals surface area contributed by atoms with Crippen molar-refractivity contribution in [2.45, 2.75) is 19.9 Å². The summed E-state index contributed by atoms with van der Waals surface area (Å²) in [5.41, 5.74) is 0.544. The molecule has 7 heteroatoms. The number of aromatic hydroxyl groups is 1. The number of rotatable bonds is 2. The summed E-state index contributed by atoms with van der Waals surface area (Å²) < 4.78 is 2.14. The molecular weight excluding hydrogens is 372 g/mol. The van der Waals surface area contributed by atoms with E-state index >= 15 is 0 Å². The average Bonchev–Trinajstić information content (AvgIpc) is 2.23. The molecule has 0 fully saturated rings. The number of amides is 2. The van der Waals surface area contributed by atoms with E-state index in [1.807, 2.05) is 13.8 Å². The van der Waals surface area contributed by atoms with Crippen LogP contribution in [-0.4, -0.2) is 17.2 Å². The average molecular weight is 384 g/mol. The fourth-order valence-electron chi connectivity index (χ4n) is 1.10. The quantitative estimate of drug-likeness (QED) is 0.682. The monoisotopic (exact) mass is 382 g/mol. The molecule has 1 aromatic carbocycles. The number of urea groups is 1. The van der Waals surface area contributed by atoms with E-state index in [2.05, 4.69) is 50.0 Å². The Labute approximate surface area is 122 Å². The second-order valence-corrected chi connectivity index (χ2v) is 5.78. The molecule has 0 aliphatic rings. The Morgan fingerprint density at radius 2 is 1.88 bits per heavy atom. The van der Waals surface area contributed by atoms with Gasteiger partial charge in [-0.05, 0) is 57.8 Å². The van der Waals surface area contributed by atoms with Gasteiger partial charge in [-0.3, -0.25) is 0 Å². The SMILES string of the molecule is CC(C)NC(=O)N(S)c1cc(Br)c(O)c(Br)c1. The molecule has 4 nitrogen and oxygen atoms in total. The van der Waals surface area contributed by atoms with Gasteiger partial charge in [0.15, 0.2) is 0 Å². The van der Waals surface area contributed by atoms with Crippen molar-refractivity contribution in [1.82, 2.24) is 5.32 Å². The third kappa shape index (κ3) is 3.79. The van der Waals surface area contributed by atoms with E-state index < -0.39 is 0 Å². The van der Waals surface area contributed by atoms with Crippen molar-refractivity contribution in [3.63, 3.8) is 0 Å². The number of hydrogen-bond acceptors (Lipinski definition) is 3. The first-order valence-electron chi connectivity index (χ1n) is 4.80. The molecule has 0 radical (unpaired) electrons. The van der Waals surface area contributed by atoms with Gasteiger partial charge in [-0.25, -0.2) is 9.10 Å². The van der Waals surface area contributed by atoms with E-state index in [0.717, 1.165) is 0 Å². The van der Waals surface area contributed by atoms with Gasteiger partial charge in [0.1, 0.15) is 5.75 Å². The number of phenols is 1. The standard InChI is InChI=1S/C10H12Br2N2O2S/c1-5(2)13-10(16)14(17)6-3-7(11)9(15)8(12)4-6/h3-5,15,17H,1-2H3,(H,13,16). The van der Waals surface area contributed by atoms with Crippen LogP contribution in [0.5, 0.6) is 5.75 Å². The van der Waals surface area contributed by atoms with Gasteiger partial charge in [0.2, 0.25) is 0 Å². The Balaban J connectivity index is 2.97. The van der Waals surface area contributed by atoms with Gasteiger partial charge in [0.25, 0.3) is 0 Å². The minimum absolute atomic E-state index is 0.0288. The van der Waals surface area contributed by atoms with Crippen LogP contribution >= 0.6 is 44.7 Å². The number of nitrogens with zero attached hydrogens (tertiary/aromatic N) is 1. The lowest BCUT2D eigenvalue weighted by molar-refractivity contribution is 0.247. The molecule has 0 aliphatic carbocycles. The largest absolute Gasteiger partial charge is 0.506 e. The minimum atomic E-state index is -0.326. The fourth-order valence-corrected chi connectivity index (χ4v) is 2.44. The van der Waals surface area contributed by atoms with Crippen LogP contribution in [0.2, 0.25) is 0 Å². The smallest absolute Gasteiger partial charge is 0.332 e. The maximum atomic E-state index is 11.7. The Kier molecular flexibility index (Phi) is 5.15. The zero-order valence-electron chi connectivity index (χ0n) is 9.24. The molecule has 0 saturated heterocycles. The number of hydrogen-bond donors (Lipinski definition) is 3. The first kappa shape index (κ1) is 14.7. The molecule has 1 rings (SSSR count). The third-order valence-electron chi connectivity index (χ3n) is 1.85. The summed E-state index contributed by atoms with van der Waals surface area (Å²) in [4.78, 5) is 11.7. The topological polar surface area (TPSA) is 52.6 Å². The molecule has 0 saturated carbocycles. The summed E-state index contributed by atoms with van der Waals surface area (Å²) in [5, 5.41) is 12.3. The molecule has 0 unspecified atom stereocenters. The summed E-state index contributed by atoms with van der Waals surface area (Å²) >= 11 is 10.5. The van der Waals surface area contributed by atoms with Crippen LogP contribution in [0, 0.1) is 0 Å². The third-order valence-corrected chi connectivity index (χ3v) is 3.47. The number of anilines is 1. The van der Waals surface area contributed by atoms with Crippen molar-refractivity contribution in [2.24, 2.45) is 0 Å². The van der Waals surface area contributed by atoms with Gasteiger partial charge in [-0.1, -0.05) is 12.8 Å². The highest BCUT2D eigenvalue weighted by molar-refractivity contribution is 9.11. The summed E-state index contributed by atoms with van der Waals surface area (Å²) in [7, 11) is 0. The van der Waals surface area contributed by atoms with Gasteiger partial charge in [0, 0.05) is 6.04 Å². The molecular formula is C10H12Br2N2O2S. The lowest BCUT2D eigenvalue weighted by atomic mass is 10.3. The first-order valence-corrected chi connectivity index (χ1v) is 6.79. The van der Waals surface area contributed by atoms with Gasteiger partial charge >= 0.3 is 6.03 Å². The highest BCUT2D eigenvalue weighted by atomic mass is 79.9. The Hall–Kier alpha value is -0.400. The number of carbonyl (C=O) groups excluding carboxylic acids is 1. The van der Waals surface area contributed by atoms with Crippen molar-refractivity contribution in [2.75, 3.05) is 4.31 Å². The summed E-state index contributed by atoms with van der Waals surface area (Å²) in [6.07, 6.45) is 0. The molecule has 0 aromatic heterocycles. The Morgan fingerprint density at radius 3 is 2.29 bits per heavy atom. The lowest BCUT2D eigenvalue weighted by Gasteiger charge is -2.19. The lowest BCUT2D eigenvalue weighted by Crippen LogP contribution is -2.38. The Morgan fingerprint density at radius 1 is 1.41 bits per heavy atom. The number of carbonyl (C=O) groups is 1. The molecule has 0 bridgehead atoms. The number of thiol groups is 1. The van der Waals surface area contributed by atoms with Gasteiger partial charge in [0.05, 0.1) is 14.6 Å². The summed E-state index contributed by atoms with van der Waals surface area (Å²) in [6, 6.07) is 2.91.